The Balaban J connectivity index is 1.62. The Hall–Kier alpha value is -4.69. The Bertz CT molecular complexity index is 1820. The molecule has 12 heteroatoms. The third-order valence-corrected chi connectivity index (χ3v) is 7.75. The number of aromatic nitrogens is 3. The van der Waals surface area contributed by atoms with Crippen LogP contribution in [0.2, 0.25) is 5.02 Å². The predicted molar refractivity (Wildman–Crippen MR) is 173 cm³/mol. The molecule has 0 saturated carbocycles. The van der Waals surface area contributed by atoms with E-state index in [1.165, 1.54) is 4.57 Å². The first-order chi connectivity index (χ1) is 21.5. The van der Waals surface area contributed by atoms with E-state index in [1.807, 2.05) is 56.9 Å². The van der Waals surface area contributed by atoms with Crippen molar-refractivity contribution >= 4 is 34.5 Å². The van der Waals surface area contributed by atoms with Crippen LogP contribution in [0.3, 0.4) is 0 Å². The second kappa shape index (κ2) is 13.1. The Morgan fingerprint density at radius 1 is 1.18 bits per heavy atom. The maximum absolute atomic E-state index is 14.1. The summed E-state index contributed by atoms with van der Waals surface area (Å²) in [4.78, 5) is 33.4. The van der Waals surface area contributed by atoms with Gasteiger partial charge in [-0.05, 0) is 64.3 Å². The Labute approximate surface area is 266 Å². The number of nitrogens with zero attached hydrogens (tertiary/aromatic N) is 5. The van der Waals surface area contributed by atoms with Crippen molar-refractivity contribution in [3.63, 3.8) is 0 Å². The lowest BCUT2D eigenvalue weighted by molar-refractivity contribution is 0.0500. The average molecular weight is 633 g/mol. The number of rotatable bonds is 8. The molecule has 236 valence electrons. The van der Waals surface area contributed by atoms with E-state index in [-0.39, 0.29) is 40.8 Å². The van der Waals surface area contributed by atoms with Crippen molar-refractivity contribution in [2.45, 2.75) is 58.7 Å². The third-order valence-electron chi connectivity index (χ3n) is 7.38. The number of hydrogen-bond acceptors (Lipinski definition) is 8. The van der Waals surface area contributed by atoms with Crippen molar-refractivity contribution in [1.29, 1.82) is 5.26 Å². The van der Waals surface area contributed by atoms with Crippen molar-refractivity contribution in [3.8, 4) is 23.6 Å². The molecule has 5 rings (SSSR count). The minimum Gasteiger partial charge on any atom is -0.494 e. The highest BCUT2D eigenvalue weighted by atomic mass is 35.5. The van der Waals surface area contributed by atoms with E-state index in [2.05, 4.69) is 11.4 Å². The van der Waals surface area contributed by atoms with Crippen molar-refractivity contribution in [2.75, 3.05) is 24.6 Å². The normalized spacial score (nSPS) is 15.0. The lowest BCUT2D eigenvalue weighted by Crippen LogP contribution is -2.49. The molecule has 1 aliphatic rings. The molecule has 1 aliphatic heterocycles. The molecule has 1 atom stereocenters. The lowest BCUT2D eigenvalue weighted by atomic mass is 10.1. The smallest absolute Gasteiger partial charge is 0.407 e. The molecule has 11 nitrogen and oxygen atoms in total. The Kier molecular flexibility index (Phi) is 9.25. The topological polar surface area (TPSA) is 124 Å². The van der Waals surface area contributed by atoms with Crippen LogP contribution in [0.15, 0.2) is 53.3 Å². The van der Waals surface area contributed by atoms with Gasteiger partial charge in [0.2, 0.25) is 0 Å². The highest BCUT2D eigenvalue weighted by Gasteiger charge is 2.31. The second-order valence-electron chi connectivity index (χ2n) is 11.9. The van der Waals surface area contributed by atoms with Gasteiger partial charge in [0.15, 0.2) is 0 Å². The summed E-state index contributed by atoms with van der Waals surface area (Å²) in [6.07, 6.45) is 0.980. The number of carbonyl (C=O) groups excluding carboxylic acids is 1. The highest BCUT2D eigenvalue weighted by Crippen LogP contribution is 2.35. The molecule has 0 aliphatic carbocycles. The minimum absolute atomic E-state index is 0.0298. The van der Waals surface area contributed by atoms with Gasteiger partial charge in [-0.15, -0.1) is 0 Å². The molecular weight excluding hydrogens is 596 g/mol. The summed E-state index contributed by atoms with van der Waals surface area (Å²) < 4.78 is 20.3. The molecule has 0 radical (unpaired) electrons. The Morgan fingerprint density at radius 2 is 1.93 bits per heavy atom. The number of piperidine rings is 1. The molecule has 0 unspecified atom stereocenters. The zero-order valence-electron chi connectivity index (χ0n) is 26.1. The van der Waals surface area contributed by atoms with Gasteiger partial charge in [0, 0.05) is 37.3 Å². The average Bonchev–Trinajstić information content (AvgIpc) is 3.29. The van der Waals surface area contributed by atoms with Gasteiger partial charge in [-0.3, -0.25) is 9.36 Å². The van der Waals surface area contributed by atoms with E-state index in [1.54, 1.807) is 35.9 Å². The number of halogens is 1. The molecule has 1 fully saturated rings. The van der Waals surface area contributed by atoms with Crippen molar-refractivity contribution in [3.05, 3.63) is 75.0 Å². The number of fused-ring (bicyclic) bond motifs is 1. The Morgan fingerprint density at radius 3 is 2.64 bits per heavy atom. The fourth-order valence-electron chi connectivity index (χ4n) is 5.47. The standard InChI is InChI=1S/C33H37ClN6O5/c1-6-43-23-13-9-14-24(17-23)44-31-37-27-25(18-35)29(39-16-10-12-22(20-39)36-32(42)45-33(2,3)4)40(28(27)30(41)38(31)5)19-21-11-7-8-15-26(21)34/h7-9,11,13-15,17,22H,6,10,12,16,19-20H2,1-5H3,(H,36,42)/t22-/m1/s1. The monoisotopic (exact) mass is 632 g/mol. The summed E-state index contributed by atoms with van der Waals surface area (Å²) in [7, 11) is 1.58. The predicted octanol–water partition coefficient (Wildman–Crippen LogP) is 5.99. The van der Waals surface area contributed by atoms with Gasteiger partial charge in [0.1, 0.15) is 45.6 Å². The van der Waals surface area contributed by atoms with Gasteiger partial charge in [-0.25, -0.2) is 4.79 Å². The largest absolute Gasteiger partial charge is 0.494 e. The SMILES string of the molecule is CCOc1cccc(Oc2nc3c(C#N)c(N4CCC[C@@H](NC(=O)OC(C)(C)C)C4)n(Cc4ccccc4Cl)c3c(=O)n2C)c1. The molecule has 1 N–H and O–H groups in total. The molecular formula is C33H37ClN6O5. The first-order valence-corrected chi connectivity index (χ1v) is 15.3. The fourth-order valence-corrected chi connectivity index (χ4v) is 5.67. The number of nitriles is 1. The highest BCUT2D eigenvalue weighted by molar-refractivity contribution is 6.31. The van der Waals surface area contributed by atoms with Crippen LogP contribution in [-0.4, -0.2) is 51.6 Å². The van der Waals surface area contributed by atoms with Gasteiger partial charge in [0.05, 0.1) is 13.2 Å². The molecule has 2 aromatic carbocycles. The van der Waals surface area contributed by atoms with Gasteiger partial charge < -0.3 is 29.0 Å². The van der Waals surface area contributed by atoms with Gasteiger partial charge in [-0.2, -0.15) is 10.2 Å². The van der Waals surface area contributed by atoms with E-state index in [0.717, 1.165) is 18.4 Å². The van der Waals surface area contributed by atoms with Crippen LogP contribution >= 0.6 is 11.6 Å². The molecule has 4 aromatic rings. The van der Waals surface area contributed by atoms with Crippen LogP contribution in [0.1, 0.15) is 51.7 Å². The summed E-state index contributed by atoms with van der Waals surface area (Å²) in [6.45, 7) is 9.05. The van der Waals surface area contributed by atoms with Crippen LogP contribution in [0.5, 0.6) is 17.5 Å². The molecule has 1 saturated heterocycles. The summed E-state index contributed by atoms with van der Waals surface area (Å²) in [5, 5.41) is 14.0. The third kappa shape index (κ3) is 7.02. The first kappa shape index (κ1) is 31.7. The maximum Gasteiger partial charge on any atom is 0.407 e. The van der Waals surface area contributed by atoms with Crippen LogP contribution in [0.25, 0.3) is 11.0 Å². The number of anilines is 1. The molecule has 3 heterocycles. The van der Waals surface area contributed by atoms with Crippen molar-refractivity contribution in [2.24, 2.45) is 7.05 Å². The van der Waals surface area contributed by atoms with E-state index in [9.17, 15) is 14.9 Å². The summed E-state index contributed by atoms with van der Waals surface area (Å²) >= 11 is 6.58. The van der Waals surface area contributed by atoms with Gasteiger partial charge in [0.25, 0.3) is 5.56 Å². The van der Waals surface area contributed by atoms with Crippen LogP contribution in [0.4, 0.5) is 10.6 Å². The summed E-state index contributed by atoms with van der Waals surface area (Å²) in [5.74, 6) is 1.58. The number of carbonyl (C=O) groups is 1. The molecule has 0 bridgehead atoms. The molecule has 2 aromatic heterocycles. The maximum atomic E-state index is 14.1. The van der Waals surface area contributed by atoms with Crippen LogP contribution < -0.4 is 25.2 Å². The van der Waals surface area contributed by atoms with Gasteiger partial charge in [-0.1, -0.05) is 35.9 Å². The van der Waals surface area contributed by atoms with Crippen molar-refractivity contribution in [1.82, 2.24) is 19.4 Å². The first-order valence-electron chi connectivity index (χ1n) is 14.9. The van der Waals surface area contributed by atoms with Crippen molar-refractivity contribution < 1.29 is 19.0 Å². The van der Waals surface area contributed by atoms with Gasteiger partial charge >= 0.3 is 12.1 Å². The summed E-state index contributed by atoms with van der Waals surface area (Å²) in [6, 6.07) is 16.5. The zero-order valence-corrected chi connectivity index (χ0v) is 26.8. The number of ether oxygens (including phenoxy) is 3. The fraction of sp³-hybridized carbons (Fsp3) is 0.394. The zero-order chi connectivity index (χ0) is 32.3. The van der Waals surface area contributed by atoms with E-state index in [4.69, 9.17) is 30.8 Å². The van der Waals surface area contributed by atoms with Crippen LogP contribution in [0, 0.1) is 11.3 Å². The lowest BCUT2D eigenvalue weighted by Gasteiger charge is -2.35. The van der Waals surface area contributed by atoms with E-state index >= 15 is 0 Å². The molecule has 45 heavy (non-hydrogen) atoms. The van der Waals surface area contributed by atoms with E-state index in [0.29, 0.717) is 42.0 Å². The summed E-state index contributed by atoms with van der Waals surface area (Å²) in [5.41, 5.74) is 0.468. The number of alkyl carbamates (subject to hydrolysis) is 1. The molecule has 1 amide bonds. The molecule has 0 spiro atoms. The number of nitrogens with one attached hydrogen (secondary N) is 1. The number of amides is 1. The number of benzene rings is 2. The second-order valence-corrected chi connectivity index (χ2v) is 12.3. The quantitative estimate of drug-likeness (QED) is 0.251. The number of hydrogen-bond donors (Lipinski definition) is 1. The van der Waals surface area contributed by atoms with Crippen LogP contribution in [-0.2, 0) is 18.3 Å². The minimum atomic E-state index is -0.635. The van der Waals surface area contributed by atoms with E-state index < -0.39 is 11.7 Å².